The molecule has 154 valence electrons. The second kappa shape index (κ2) is 10.2. The number of carbonyl (C=O) groups is 2. The number of halogens is 1. The van der Waals surface area contributed by atoms with E-state index in [0.29, 0.717) is 35.8 Å². The number of carbonyl (C=O) groups excluding carboxylic acids is 2. The number of hydrogen-bond donors (Lipinski definition) is 4. The van der Waals surface area contributed by atoms with Gasteiger partial charge in [0, 0.05) is 6.04 Å². The zero-order valence-electron chi connectivity index (χ0n) is 16.7. The molecule has 6 nitrogen and oxygen atoms in total. The van der Waals surface area contributed by atoms with E-state index in [4.69, 9.17) is 11.6 Å². The molecule has 2 aliphatic rings. The van der Waals surface area contributed by atoms with Gasteiger partial charge in [0.2, 0.25) is 0 Å². The highest BCUT2D eigenvalue weighted by molar-refractivity contribution is 6.33. The van der Waals surface area contributed by atoms with Gasteiger partial charge in [-0.2, -0.15) is 0 Å². The number of piperazine rings is 1. The summed E-state index contributed by atoms with van der Waals surface area (Å²) in [5.74, 6) is 0.745. The molecule has 0 unspecified atom stereocenters. The maximum Gasteiger partial charge on any atom is 0.279 e. The lowest BCUT2D eigenvalue weighted by atomic mass is 9.86. The molecule has 7 heteroatoms. The second-order valence-electron chi connectivity index (χ2n) is 8.32. The summed E-state index contributed by atoms with van der Waals surface area (Å²) in [4.78, 5) is 27.3. The van der Waals surface area contributed by atoms with Gasteiger partial charge in [0.25, 0.3) is 11.8 Å². The van der Waals surface area contributed by atoms with E-state index in [-0.39, 0.29) is 11.8 Å². The van der Waals surface area contributed by atoms with E-state index in [1.807, 2.05) is 18.2 Å². The summed E-state index contributed by atoms with van der Waals surface area (Å²) in [6.07, 6.45) is 4.84. The number of para-hydroxylation sites is 1. The summed E-state index contributed by atoms with van der Waals surface area (Å²) in [5, 5.41) is 6.69. The summed E-state index contributed by atoms with van der Waals surface area (Å²) in [6.45, 7) is 6.86. The van der Waals surface area contributed by atoms with Crippen LogP contribution < -0.4 is 20.4 Å². The Morgan fingerprint density at radius 1 is 1.00 bits per heavy atom. The van der Waals surface area contributed by atoms with Gasteiger partial charge in [-0.25, -0.2) is 0 Å². The molecule has 4 N–H and O–H groups in total. The standard InChI is InChI=1S/C21H31ClN4O2/c1-16-6-2-4-8-18(16)23-20(27)14-25-10-12-26(13-11-25)15-21(28)24-19-9-5-3-7-17(19)22/h3,5,7,9,16,18H,2,4,6,8,10-15H2,1H3,(H,23,27)(H,24,28)/p+2/t16-,18-/m1/s1. The van der Waals surface area contributed by atoms with Crippen LogP contribution in [0.5, 0.6) is 0 Å². The molecule has 2 atom stereocenters. The minimum atomic E-state index is -0.0180. The highest BCUT2D eigenvalue weighted by atomic mass is 35.5. The quantitative estimate of drug-likeness (QED) is 0.524. The molecule has 1 heterocycles. The average molecular weight is 409 g/mol. The minimum absolute atomic E-state index is 0.0180. The van der Waals surface area contributed by atoms with Crippen molar-refractivity contribution in [3.05, 3.63) is 29.3 Å². The van der Waals surface area contributed by atoms with Crippen molar-refractivity contribution in [2.24, 2.45) is 5.92 Å². The molecule has 0 bridgehead atoms. The Bertz CT molecular complexity index is 676. The van der Waals surface area contributed by atoms with Gasteiger partial charge in [-0.1, -0.05) is 43.5 Å². The maximum atomic E-state index is 12.4. The molecule has 3 rings (SSSR count). The van der Waals surface area contributed by atoms with E-state index < -0.39 is 0 Å². The maximum absolute atomic E-state index is 12.4. The molecule has 0 aromatic heterocycles. The van der Waals surface area contributed by atoms with Crippen LogP contribution in [-0.2, 0) is 9.59 Å². The Hall–Kier alpha value is -1.63. The first-order valence-electron chi connectivity index (χ1n) is 10.5. The zero-order chi connectivity index (χ0) is 19.9. The molecule has 2 fully saturated rings. The number of benzene rings is 1. The van der Waals surface area contributed by atoms with Crippen molar-refractivity contribution in [3.8, 4) is 0 Å². The summed E-state index contributed by atoms with van der Waals surface area (Å²) in [5.41, 5.74) is 0.659. The van der Waals surface area contributed by atoms with Gasteiger partial charge in [-0.05, 0) is 30.9 Å². The molecular weight excluding hydrogens is 376 g/mol. The molecule has 1 aromatic carbocycles. The van der Waals surface area contributed by atoms with Crippen molar-refractivity contribution in [1.29, 1.82) is 0 Å². The zero-order valence-corrected chi connectivity index (χ0v) is 17.5. The molecule has 1 saturated heterocycles. The third kappa shape index (κ3) is 6.19. The predicted octanol–water partition coefficient (Wildman–Crippen LogP) is -0.243. The number of amides is 2. The van der Waals surface area contributed by atoms with Crippen molar-refractivity contribution in [2.75, 3.05) is 44.6 Å². The Labute approximate surface area is 172 Å². The van der Waals surface area contributed by atoms with Gasteiger partial charge in [0.15, 0.2) is 13.1 Å². The van der Waals surface area contributed by atoms with Crippen LogP contribution in [0.4, 0.5) is 5.69 Å². The van der Waals surface area contributed by atoms with Crippen LogP contribution in [0.1, 0.15) is 32.6 Å². The summed E-state index contributed by atoms with van der Waals surface area (Å²) in [7, 11) is 0. The van der Waals surface area contributed by atoms with Crippen molar-refractivity contribution in [2.45, 2.75) is 38.6 Å². The number of nitrogens with one attached hydrogen (secondary N) is 4. The molecule has 0 radical (unpaired) electrons. The fraction of sp³-hybridized carbons (Fsp3) is 0.619. The van der Waals surface area contributed by atoms with Gasteiger partial charge in [0.05, 0.1) is 10.7 Å². The second-order valence-corrected chi connectivity index (χ2v) is 8.72. The lowest BCUT2D eigenvalue weighted by Crippen LogP contribution is -3.28. The van der Waals surface area contributed by atoms with Gasteiger partial charge >= 0.3 is 0 Å². The van der Waals surface area contributed by atoms with Crippen molar-refractivity contribution in [3.63, 3.8) is 0 Å². The summed E-state index contributed by atoms with van der Waals surface area (Å²) >= 11 is 6.09. The molecule has 2 amide bonds. The van der Waals surface area contributed by atoms with Crippen LogP contribution >= 0.6 is 11.6 Å². The molecule has 1 aliphatic carbocycles. The number of anilines is 1. The Morgan fingerprint density at radius 2 is 1.61 bits per heavy atom. The van der Waals surface area contributed by atoms with Crippen LogP contribution in [0.25, 0.3) is 0 Å². The normalized spacial score (nSPS) is 27.8. The van der Waals surface area contributed by atoms with E-state index in [9.17, 15) is 9.59 Å². The minimum Gasteiger partial charge on any atom is -0.348 e. The van der Waals surface area contributed by atoms with E-state index in [1.54, 1.807) is 6.07 Å². The summed E-state index contributed by atoms with van der Waals surface area (Å²) in [6, 6.07) is 7.63. The molecule has 0 spiro atoms. The highest BCUT2D eigenvalue weighted by Crippen LogP contribution is 2.23. The van der Waals surface area contributed by atoms with Gasteiger partial charge < -0.3 is 20.4 Å². The molecule has 1 saturated carbocycles. The summed E-state index contributed by atoms with van der Waals surface area (Å²) < 4.78 is 0. The number of hydrogen-bond acceptors (Lipinski definition) is 2. The first kappa shape index (κ1) is 21.1. The lowest BCUT2D eigenvalue weighted by Gasteiger charge is -2.31. The van der Waals surface area contributed by atoms with Crippen LogP contribution in [0.2, 0.25) is 5.02 Å². The monoisotopic (exact) mass is 408 g/mol. The van der Waals surface area contributed by atoms with Crippen molar-refractivity contribution >= 4 is 29.1 Å². The van der Waals surface area contributed by atoms with E-state index >= 15 is 0 Å². The molecule has 28 heavy (non-hydrogen) atoms. The van der Waals surface area contributed by atoms with E-state index in [0.717, 1.165) is 32.6 Å². The van der Waals surface area contributed by atoms with E-state index in [1.165, 1.54) is 29.1 Å². The number of rotatable bonds is 6. The third-order valence-electron chi connectivity index (χ3n) is 6.09. The van der Waals surface area contributed by atoms with Gasteiger partial charge in [-0.15, -0.1) is 0 Å². The SMILES string of the molecule is C[C@@H]1CCCC[C@H]1NC(=O)C[NH+]1CC[NH+](CC(=O)Nc2ccccc2Cl)CC1. The predicted molar refractivity (Wildman–Crippen MR) is 111 cm³/mol. The molecule has 1 aromatic rings. The first-order valence-corrected chi connectivity index (χ1v) is 10.9. The highest BCUT2D eigenvalue weighted by Gasteiger charge is 2.28. The van der Waals surface area contributed by atoms with Gasteiger partial charge in [0.1, 0.15) is 26.2 Å². The molecular formula is C21H33ClN4O2+2. The first-order chi connectivity index (χ1) is 13.5. The van der Waals surface area contributed by atoms with Crippen LogP contribution in [0.15, 0.2) is 24.3 Å². The van der Waals surface area contributed by atoms with Crippen LogP contribution in [-0.4, -0.2) is 57.1 Å². The fourth-order valence-electron chi connectivity index (χ4n) is 4.31. The van der Waals surface area contributed by atoms with Crippen molar-refractivity contribution < 1.29 is 19.4 Å². The average Bonchev–Trinajstić information content (AvgIpc) is 2.67. The van der Waals surface area contributed by atoms with Crippen LogP contribution in [0, 0.1) is 5.92 Å². The third-order valence-corrected chi connectivity index (χ3v) is 6.42. The number of quaternary nitrogens is 2. The topological polar surface area (TPSA) is 67.1 Å². The lowest BCUT2D eigenvalue weighted by molar-refractivity contribution is -1.00. The van der Waals surface area contributed by atoms with Crippen molar-refractivity contribution in [1.82, 2.24) is 5.32 Å². The Kier molecular flexibility index (Phi) is 7.71. The fourth-order valence-corrected chi connectivity index (χ4v) is 4.49. The van der Waals surface area contributed by atoms with Crippen LogP contribution in [0.3, 0.4) is 0 Å². The smallest absolute Gasteiger partial charge is 0.279 e. The van der Waals surface area contributed by atoms with Gasteiger partial charge in [-0.3, -0.25) is 9.59 Å². The van der Waals surface area contributed by atoms with E-state index in [2.05, 4.69) is 17.6 Å². The Balaban J connectivity index is 1.36. The molecule has 1 aliphatic heterocycles. The Morgan fingerprint density at radius 3 is 2.25 bits per heavy atom. The largest absolute Gasteiger partial charge is 0.348 e.